The van der Waals surface area contributed by atoms with E-state index in [1.54, 1.807) is 42.5 Å². The maximum Gasteiger partial charge on any atom is 0.317 e. The molecule has 0 unspecified atom stereocenters. The van der Waals surface area contributed by atoms with Crippen LogP contribution in [0, 0.1) is 17.2 Å². The first kappa shape index (κ1) is 13.8. The fraction of sp³-hybridized carbons (Fsp3) is 0.118. The van der Waals surface area contributed by atoms with Gasteiger partial charge in [-0.2, -0.15) is 5.26 Å². The molecule has 0 fully saturated rings. The Morgan fingerprint density at radius 1 is 1.27 bits per heavy atom. The smallest absolute Gasteiger partial charge is 0.317 e. The van der Waals surface area contributed by atoms with Crippen molar-refractivity contribution in [1.29, 1.82) is 5.26 Å². The quantitative estimate of drug-likeness (QED) is 0.810. The van der Waals surface area contributed by atoms with Crippen LogP contribution < -0.4 is 0 Å². The van der Waals surface area contributed by atoms with Gasteiger partial charge in [-0.25, -0.2) is 0 Å². The summed E-state index contributed by atoms with van der Waals surface area (Å²) in [5.74, 6) is -0.166. The maximum absolute atomic E-state index is 11.7. The second kappa shape index (κ2) is 6.10. The van der Waals surface area contributed by atoms with Crippen LogP contribution in [0.3, 0.4) is 0 Å². The minimum absolute atomic E-state index is 0.0420. The van der Waals surface area contributed by atoms with E-state index in [2.05, 4.69) is 11.2 Å². The fourth-order valence-electron chi connectivity index (χ4n) is 2.06. The van der Waals surface area contributed by atoms with Gasteiger partial charge in [-0.1, -0.05) is 41.6 Å². The molecule has 0 aliphatic heterocycles. The zero-order valence-electron chi connectivity index (χ0n) is 11.6. The van der Waals surface area contributed by atoms with Crippen LogP contribution in [0.5, 0.6) is 0 Å². The number of benzene rings is 1. The lowest BCUT2D eigenvalue weighted by molar-refractivity contribution is -0.147. The van der Waals surface area contributed by atoms with Gasteiger partial charge in [-0.05, 0) is 12.1 Å². The number of hydrogen-bond donors (Lipinski definition) is 0. The molecule has 0 N–H and O–H groups in total. The van der Waals surface area contributed by atoms with Crippen molar-refractivity contribution < 1.29 is 14.1 Å². The molecule has 0 amide bonds. The molecule has 1 aromatic carbocycles. The van der Waals surface area contributed by atoms with Gasteiger partial charge in [-0.15, -0.1) is 0 Å². The van der Waals surface area contributed by atoms with Gasteiger partial charge in [0.15, 0.2) is 12.4 Å². The summed E-state index contributed by atoms with van der Waals surface area (Å²) in [6.07, 6.45) is 7.16. The highest BCUT2D eigenvalue weighted by Crippen LogP contribution is 2.20. The Bertz CT molecular complexity index is 767. The summed E-state index contributed by atoms with van der Waals surface area (Å²) in [6, 6.07) is 10.8. The molecular weight excluding hydrogens is 280 g/mol. The molecule has 1 heterocycles. The Hall–Kier alpha value is -3.13. The minimum Gasteiger partial charge on any atom is -0.457 e. The zero-order valence-corrected chi connectivity index (χ0v) is 11.6. The normalized spacial score (nSPS) is 13.2. The highest BCUT2D eigenvalue weighted by molar-refractivity contribution is 5.77. The van der Waals surface area contributed by atoms with Crippen LogP contribution in [0.25, 0.3) is 11.3 Å². The number of ether oxygens (including phenoxy) is 1. The van der Waals surface area contributed by atoms with E-state index in [1.165, 1.54) is 0 Å². The number of nitriles is 1. The van der Waals surface area contributed by atoms with Crippen LogP contribution in [-0.4, -0.2) is 11.1 Å². The van der Waals surface area contributed by atoms with E-state index in [1.807, 2.05) is 12.2 Å². The van der Waals surface area contributed by atoms with Gasteiger partial charge in [0.1, 0.15) is 5.69 Å². The van der Waals surface area contributed by atoms with Crippen LogP contribution in [0.2, 0.25) is 0 Å². The molecule has 5 heteroatoms. The fourth-order valence-corrected chi connectivity index (χ4v) is 2.06. The van der Waals surface area contributed by atoms with Gasteiger partial charge in [-0.3, -0.25) is 4.79 Å². The average Bonchev–Trinajstić information content (AvgIpc) is 3.24. The summed E-state index contributed by atoms with van der Waals surface area (Å²) in [4.78, 5) is 11.7. The summed E-state index contributed by atoms with van der Waals surface area (Å²) in [7, 11) is 0. The third kappa shape index (κ3) is 2.96. The average molecular weight is 292 g/mol. The molecule has 108 valence electrons. The van der Waals surface area contributed by atoms with E-state index < -0.39 is 0 Å². The second-order valence-electron chi connectivity index (χ2n) is 4.77. The van der Waals surface area contributed by atoms with Gasteiger partial charge < -0.3 is 9.26 Å². The first-order valence-electron chi connectivity index (χ1n) is 6.74. The Balaban J connectivity index is 1.63. The lowest BCUT2D eigenvalue weighted by Crippen LogP contribution is -2.12. The van der Waals surface area contributed by atoms with Crippen molar-refractivity contribution in [3.8, 4) is 17.3 Å². The van der Waals surface area contributed by atoms with Crippen LogP contribution in [0.4, 0.5) is 0 Å². The van der Waals surface area contributed by atoms with Gasteiger partial charge in [0.2, 0.25) is 0 Å². The maximum atomic E-state index is 11.7. The van der Waals surface area contributed by atoms with Crippen molar-refractivity contribution in [2.75, 3.05) is 0 Å². The zero-order chi connectivity index (χ0) is 15.4. The van der Waals surface area contributed by atoms with Gasteiger partial charge in [0.25, 0.3) is 0 Å². The van der Waals surface area contributed by atoms with Gasteiger partial charge in [0.05, 0.1) is 17.6 Å². The van der Waals surface area contributed by atoms with E-state index in [-0.39, 0.29) is 18.5 Å². The van der Waals surface area contributed by atoms with Crippen molar-refractivity contribution in [2.24, 2.45) is 5.92 Å². The first-order valence-corrected chi connectivity index (χ1v) is 6.74. The van der Waals surface area contributed by atoms with Crippen molar-refractivity contribution in [2.45, 2.75) is 6.61 Å². The molecule has 0 saturated carbocycles. The topological polar surface area (TPSA) is 76.1 Å². The van der Waals surface area contributed by atoms with E-state index in [4.69, 9.17) is 14.5 Å². The lowest BCUT2D eigenvalue weighted by atomic mass is 10.1. The van der Waals surface area contributed by atoms with Crippen molar-refractivity contribution in [1.82, 2.24) is 5.16 Å². The third-order valence-electron chi connectivity index (χ3n) is 3.25. The molecule has 0 spiro atoms. The molecule has 5 nitrogen and oxygen atoms in total. The van der Waals surface area contributed by atoms with Crippen LogP contribution in [-0.2, 0) is 16.1 Å². The molecular formula is C17H12N2O3. The number of rotatable bonds is 4. The molecule has 1 aliphatic carbocycles. The number of aromatic nitrogens is 1. The molecule has 1 aliphatic rings. The number of allylic oxidation sites excluding steroid dienone is 2. The number of carbonyl (C=O) groups excluding carboxylic acids is 1. The molecule has 0 atom stereocenters. The summed E-state index contributed by atoms with van der Waals surface area (Å²) in [5, 5.41) is 12.7. The predicted molar refractivity (Wildman–Crippen MR) is 78.2 cm³/mol. The number of nitrogens with zero attached hydrogens (tertiary/aromatic N) is 2. The van der Waals surface area contributed by atoms with Crippen LogP contribution in [0.15, 0.2) is 59.2 Å². The lowest BCUT2D eigenvalue weighted by Gasteiger charge is -2.04. The largest absolute Gasteiger partial charge is 0.457 e. The van der Waals surface area contributed by atoms with E-state index in [0.717, 1.165) is 5.56 Å². The summed E-state index contributed by atoms with van der Waals surface area (Å²) in [5.41, 5.74) is 2.05. The van der Waals surface area contributed by atoms with Gasteiger partial charge >= 0.3 is 5.97 Å². The Labute approximate surface area is 127 Å². The Morgan fingerprint density at radius 3 is 2.68 bits per heavy atom. The highest BCUT2D eigenvalue weighted by atomic mass is 16.5. The van der Waals surface area contributed by atoms with Crippen molar-refractivity contribution >= 4 is 5.97 Å². The SMILES string of the molecule is N#Cc1ccc(-c2cc(COC(=O)C3C=CC=C3)on2)cc1. The first-order chi connectivity index (χ1) is 10.8. The van der Waals surface area contributed by atoms with Crippen molar-refractivity contribution in [3.63, 3.8) is 0 Å². The number of carbonyl (C=O) groups is 1. The minimum atomic E-state index is -0.319. The summed E-state index contributed by atoms with van der Waals surface area (Å²) >= 11 is 0. The predicted octanol–water partition coefficient (Wildman–Crippen LogP) is 3.00. The third-order valence-corrected chi connectivity index (χ3v) is 3.25. The molecule has 22 heavy (non-hydrogen) atoms. The van der Waals surface area contributed by atoms with E-state index in [9.17, 15) is 4.79 Å². The van der Waals surface area contributed by atoms with E-state index in [0.29, 0.717) is 17.0 Å². The molecule has 3 rings (SSSR count). The van der Waals surface area contributed by atoms with Crippen LogP contribution in [0.1, 0.15) is 11.3 Å². The molecule has 1 aromatic heterocycles. The van der Waals surface area contributed by atoms with Crippen LogP contribution >= 0.6 is 0 Å². The molecule has 0 bridgehead atoms. The standard InChI is InChI=1S/C17H12N2O3/c18-10-12-5-7-13(8-6-12)16-9-15(22-19-16)11-21-17(20)14-3-1-2-4-14/h1-9,14H,11H2. The number of esters is 1. The van der Waals surface area contributed by atoms with Gasteiger partial charge in [0, 0.05) is 11.6 Å². The van der Waals surface area contributed by atoms with E-state index >= 15 is 0 Å². The molecule has 0 radical (unpaired) electrons. The molecule has 0 saturated heterocycles. The monoisotopic (exact) mass is 292 g/mol. The second-order valence-corrected chi connectivity index (χ2v) is 4.77. The Kier molecular flexibility index (Phi) is 3.84. The molecule has 2 aromatic rings. The van der Waals surface area contributed by atoms with Crippen molar-refractivity contribution in [3.05, 3.63) is 66.0 Å². The number of hydrogen-bond acceptors (Lipinski definition) is 5. The highest BCUT2D eigenvalue weighted by Gasteiger charge is 2.17. The summed E-state index contributed by atoms with van der Waals surface area (Å²) < 4.78 is 10.3. The summed E-state index contributed by atoms with van der Waals surface area (Å²) in [6.45, 7) is 0.0420. The Morgan fingerprint density at radius 2 is 2.00 bits per heavy atom.